The van der Waals surface area contributed by atoms with E-state index in [1.165, 1.54) is 7.11 Å². The lowest BCUT2D eigenvalue weighted by Gasteiger charge is -2.11. The summed E-state index contributed by atoms with van der Waals surface area (Å²) >= 11 is 4.87. The van der Waals surface area contributed by atoms with Crippen LogP contribution in [0.3, 0.4) is 0 Å². The Morgan fingerprint density at radius 1 is 1.20 bits per heavy atom. The molecule has 4 nitrogen and oxygen atoms in total. The van der Waals surface area contributed by atoms with Gasteiger partial charge in [-0.15, -0.1) is 0 Å². The largest absolute Gasteiger partial charge is 0.465 e. The van der Waals surface area contributed by atoms with Gasteiger partial charge in [0, 0.05) is 11.3 Å². The molecular weight excluding hydrogens is 272 g/mol. The topological polar surface area (TPSA) is 64.3 Å². The second kappa shape index (κ2) is 6.16. The first-order valence-electron chi connectivity index (χ1n) is 5.96. The van der Waals surface area contributed by atoms with Crippen LogP contribution in [-0.4, -0.2) is 18.2 Å². The number of thiocarbonyl (C=S) groups is 1. The summed E-state index contributed by atoms with van der Waals surface area (Å²) in [7, 11) is 1.36. The van der Waals surface area contributed by atoms with Gasteiger partial charge < -0.3 is 15.8 Å². The molecule has 0 aliphatic carbocycles. The predicted octanol–water partition coefficient (Wildman–Crippen LogP) is 2.80. The van der Waals surface area contributed by atoms with Crippen LogP contribution in [-0.2, 0) is 4.74 Å². The molecule has 0 aromatic heterocycles. The number of nitrogens with one attached hydrogen (secondary N) is 1. The van der Waals surface area contributed by atoms with Crippen LogP contribution < -0.4 is 11.1 Å². The average molecular weight is 286 g/mol. The van der Waals surface area contributed by atoms with Gasteiger partial charge in [-0.2, -0.15) is 0 Å². The van der Waals surface area contributed by atoms with Crippen LogP contribution >= 0.6 is 12.2 Å². The minimum absolute atomic E-state index is 0.196. The molecule has 0 fully saturated rings. The van der Waals surface area contributed by atoms with Crippen molar-refractivity contribution in [1.82, 2.24) is 0 Å². The molecule has 0 atom stereocenters. The lowest BCUT2D eigenvalue weighted by Crippen LogP contribution is -2.19. The average Bonchev–Trinajstić information content (AvgIpc) is 2.46. The Morgan fingerprint density at radius 3 is 2.65 bits per heavy atom. The summed E-state index contributed by atoms with van der Waals surface area (Å²) in [5.74, 6) is -0.369. The van der Waals surface area contributed by atoms with Crippen LogP contribution in [0.15, 0.2) is 48.5 Å². The Morgan fingerprint density at radius 2 is 1.95 bits per heavy atom. The number of esters is 1. The van der Waals surface area contributed by atoms with Crippen LogP contribution in [0, 0.1) is 0 Å². The predicted molar refractivity (Wildman–Crippen MR) is 83.6 cm³/mol. The molecule has 2 aromatic rings. The summed E-state index contributed by atoms with van der Waals surface area (Å²) in [6.07, 6.45) is 0. The molecular formula is C15H14N2O2S. The molecule has 0 heterocycles. The van der Waals surface area contributed by atoms with Crippen molar-refractivity contribution in [2.75, 3.05) is 12.4 Å². The SMILES string of the molecule is COC(=O)c1cccc(-c2ccccc2NC(N)=S)c1. The summed E-state index contributed by atoms with van der Waals surface area (Å²) in [6.45, 7) is 0. The van der Waals surface area contributed by atoms with E-state index in [2.05, 4.69) is 5.32 Å². The molecule has 2 aromatic carbocycles. The van der Waals surface area contributed by atoms with Crippen molar-refractivity contribution in [3.8, 4) is 11.1 Å². The molecule has 2 rings (SSSR count). The molecule has 0 aliphatic heterocycles. The number of benzene rings is 2. The second-order valence-electron chi connectivity index (χ2n) is 4.11. The number of carbonyl (C=O) groups excluding carboxylic acids is 1. The third-order valence-electron chi connectivity index (χ3n) is 2.78. The number of hydrogen-bond acceptors (Lipinski definition) is 3. The number of nitrogens with two attached hydrogens (primary N) is 1. The first-order chi connectivity index (χ1) is 9.61. The summed E-state index contributed by atoms with van der Waals surface area (Å²) < 4.78 is 4.73. The molecule has 0 amide bonds. The lowest BCUT2D eigenvalue weighted by atomic mass is 10.0. The van der Waals surface area contributed by atoms with Gasteiger partial charge in [-0.1, -0.05) is 30.3 Å². The van der Waals surface area contributed by atoms with E-state index in [-0.39, 0.29) is 11.1 Å². The zero-order valence-corrected chi connectivity index (χ0v) is 11.7. The number of anilines is 1. The van der Waals surface area contributed by atoms with Crippen molar-refractivity contribution in [1.29, 1.82) is 0 Å². The van der Waals surface area contributed by atoms with E-state index in [1.54, 1.807) is 18.2 Å². The third kappa shape index (κ3) is 3.13. The molecule has 0 radical (unpaired) electrons. The summed E-state index contributed by atoms with van der Waals surface area (Å²) in [5.41, 5.74) is 8.60. The Balaban J connectivity index is 2.46. The van der Waals surface area contributed by atoms with E-state index in [0.717, 1.165) is 16.8 Å². The van der Waals surface area contributed by atoms with Crippen molar-refractivity contribution in [2.24, 2.45) is 5.73 Å². The van der Waals surface area contributed by atoms with Gasteiger partial charge in [0.15, 0.2) is 5.11 Å². The Labute approximate surface area is 122 Å². The maximum Gasteiger partial charge on any atom is 0.337 e. The highest BCUT2D eigenvalue weighted by molar-refractivity contribution is 7.80. The van der Waals surface area contributed by atoms with Gasteiger partial charge in [-0.25, -0.2) is 4.79 Å². The zero-order chi connectivity index (χ0) is 14.5. The van der Waals surface area contributed by atoms with Gasteiger partial charge in [0.2, 0.25) is 0 Å². The number of methoxy groups -OCH3 is 1. The first kappa shape index (κ1) is 14.0. The van der Waals surface area contributed by atoms with E-state index in [9.17, 15) is 4.79 Å². The van der Waals surface area contributed by atoms with Crippen molar-refractivity contribution < 1.29 is 9.53 Å². The maximum atomic E-state index is 11.6. The third-order valence-corrected chi connectivity index (χ3v) is 2.88. The van der Waals surface area contributed by atoms with Crippen LogP contribution in [0.1, 0.15) is 10.4 Å². The van der Waals surface area contributed by atoms with Crippen molar-refractivity contribution in [3.05, 3.63) is 54.1 Å². The highest BCUT2D eigenvalue weighted by Crippen LogP contribution is 2.28. The van der Waals surface area contributed by atoms with Crippen molar-refractivity contribution >= 4 is 29.0 Å². The van der Waals surface area contributed by atoms with E-state index in [0.29, 0.717) is 5.56 Å². The number of rotatable bonds is 3. The zero-order valence-electron chi connectivity index (χ0n) is 10.9. The number of para-hydroxylation sites is 1. The van der Waals surface area contributed by atoms with Crippen LogP contribution in [0.4, 0.5) is 5.69 Å². The first-order valence-corrected chi connectivity index (χ1v) is 6.37. The Bertz CT molecular complexity index is 656. The van der Waals surface area contributed by atoms with Crippen LogP contribution in [0.2, 0.25) is 0 Å². The summed E-state index contributed by atoms with van der Waals surface area (Å²) in [4.78, 5) is 11.6. The van der Waals surface area contributed by atoms with Gasteiger partial charge in [0.25, 0.3) is 0 Å². The Kier molecular flexibility index (Phi) is 4.32. The lowest BCUT2D eigenvalue weighted by molar-refractivity contribution is 0.0601. The number of hydrogen-bond donors (Lipinski definition) is 2. The van der Waals surface area contributed by atoms with Gasteiger partial charge in [0.1, 0.15) is 0 Å². The summed E-state index contributed by atoms with van der Waals surface area (Å²) in [5, 5.41) is 3.12. The molecule has 0 saturated carbocycles. The maximum absolute atomic E-state index is 11.6. The molecule has 0 unspecified atom stereocenters. The van der Waals surface area contributed by atoms with Gasteiger partial charge in [-0.3, -0.25) is 0 Å². The molecule has 0 bridgehead atoms. The number of carbonyl (C=O) groups is 1. The fourth-order valence-electron chi connectivity index (χ4n) is 1.91. The molecule has 102 valence electrons. The van der Waals surface area contributed by atoms with E-state index < -0.39 is 0 Å². The Hall–Kier alpha value is -2.40. The van der Waals surface area contributed by atoms with E-state index in [4.69, 9.17) is 22.7 Å². The molecule has 20 heavy (non-hydrogen) atoms. The van der Waals surface area contributed by atoms with Crippen LogP contribution in [0.25, 0.3) is 11.1 Å². The minimum Gasteiger partial charge on any atom is -0.465 e. The van der Waals surface area contributed by atoms with E-state index in [1.807, 2.05) is 30.3 Å². The molecule has 3 N–H and O–H groups in total. The van der Waals surface area contributed by atoms with Crippen molar-refractivity contribution in [3.63, 3.8) is 0 Å². The van der Waals surface area contributed by atoms with Crippen molar-refractivity contribution in [2.45, 2.75) is 0 Å². The van der Waals surface area contributed by atoms with Gasteiger partial charge in [-0.05, 0) is 36.0 Å². The minimum atomic E-state index is -0.369. The molecule has 0 spiro atoms. The second-order valence-corrected chi connectivity index (χ2v) is 4.55. The van der Waals surface area contributed by atoms with E-state index >= 15 is 0 Å². The monoisotopic (exact) mass is 286 g/mol. The fraction of sp³-hybridized carbons (Fsp3) is 0.0667. The highest BCUT2D eigenvalue weighted by atomic mass is 32.1. The molecule has 0 saturated heterocycles. The molecule has 0 aliphatic rings. The smallest absolute Gasteiger partial charge is 0.337 e. The highest BCUT2D eigenvalue weighted by Gasteiger charge is 2.09. The number of ether oxygens (including phenoxy) is 1. The molecule has 5 heteroatoms. The fourth-order valence-corrected chi connectivity index (χ4v) is 2.02. The normalized spacial score (nSPS) is 9.85. The van der Waals surface area contributed by atoms with Crippen LogP contribution in [0.5, 0.6) is 0 Å². The quantitative estimate of drug-likeness (QED) is 0.671. The summed E-state index contributed by atoms with van der Waals surface area (Å²) in [6, 6.07) is 14.8. The van der Waals surface area contributed by atoms with Gasteiger partial charge in [0.05, 0.1) is 12.7 Å². The van der Waals surface area contributed by atoms with Gasteiger partial charge >= 0.3 is 5.97 Å². The standard InChI is InChI=1S/C15H14N2O2S/c1-19-14(18)11-6-4-5-10(9-11)12-7-2-3-8-13(12)17-15(16)20/h2-9H,1H3,(H3,16,17,20).